The third-order valence-corrected chi connectivity index (χ3v) is 3.03. The van der Waals surface area contributed by atoms with E-state index in [1.807, 2.05) is 0 Å². The van der Waals surface area contributed by atoms with Crippen molar-refractivity contribution in [1.29, 1.82) is 0 Å². The van der Waals surface area contributed by atoms with Gasteiger partial charge < -0.3 is 9.47 Å². The van der Waals surface area contributed by atoms with Crippen molar-refractivity contribution in [2.24, 2.45) is 0 Å². The molecule has 0 N–H and O–H groups in total. The lowest BCUT2D eigenvalue weighted by Crippen LogP contribution is -2.27. The number of pyridine rings is 1. The number of esters is 2. The molecule has 22 heavy (non-hydrogen) atoms. The van der Waals surface area contributed by atoms with Crippen molar-refractivity contribution < 1.29 is 24.0 Å². The molecule has 0 fully saturated rings. The normalized spacial score (nSPS) is 10.4. The van der Waals surface area contributed by atoms with Gasteiger partial charge in [-0.25, -0.2) is 4.98 Å². The van der Waals surface area contributed by atoms with Gasteiger partial charge in [0.25, 0.3) is 0 Å². The highest BCUT2D eigenvalue weighted by Crippen LogP contribution is 2.32. The Kier molecular flexibility index (Phi) is 6.51. The summed E-state index contributed by atoms with van der Waals surface area (Å²) in [5.41, 5.74) is -0.795. The van der Waals surface area contributed by atoms with E-state index in [2.05, 4.69) is 4.98 Å². The number of nitrogens with zero attached hydrogens (tertiary/aromatic N) is 2. The zero-order valence-corrected chi connectivity index (χ0v) is 13.2. The van der Waals surface area contributed by atoms with Crippen LogP contribution < -0.4 is 0 Å². The Morgan fingerprint density at radius 3 is 2.18 bits per heavy atom. The smallest absolute Gasteiger partial charge is 0.326 e. The van der Waals surface area contributed by atoms with Gasteiger partial charge in [0.1, 0.15) is 0 Å². The molecule has 0 aliphatic rings. The van der Waals surface area contributed by atoms with E-state index in [9.17, 15) is 19.7 Å². The summed E-state index contributed by atoms with van der Waals surface area (Å²) in [6, 6.07) is 0.914. The molecule has 0 unspecified atom stereocenters. The lowest BCUT2D eigenvalue weighted by atomic mass is 10.0. The van der Waals surface area contributed by atoms with Crippen LogP contribution in [0.5, 0.6) is 0 Å². The van der Waals surface area contributed by atoms with Crippen molar-refractivity contribution in [3.05, 3.63) is 32.1 Å². The summed E-state index contributed by atoms with van der Waals surface area (Å²) < 4.78 is 9.57. The average molecular weight is 351 g/mol. The zero-order chi connectivity index (χ0) is 16.9. The number of nitro groups is 1. The zero-order valence-electron chi connectivity index (χ0n) is 11.7. The predicted molar refractivity (Wildman–Crippen MR) is 76.9 cm³/mol. The minimum Gasteiger partial charge on any atom is -0.465 e. The standard InChI is InChI=1S/C12H12Cl2N2O6/c1-3-21-11(17)8(12(18)22-4-2)9-6(13)5-7(16(19)20)10(14)15-9/h5,8H,3-4H2,1-2H3. The fourth-order valence-electron chi connectivity index (χ4n) is 1.57. The Bertz CT molecular complexity index is 590. The highest BCUT2D eigenvalue weighted by molar-refractivity contribution is 6.34. The van der Waals surface area contributed by atoms with E-state index in [1.165, 1.54) is 0 Å². The van der Waals surface area contributed by atoms with Crippen LogP contribution in [0.25, 0.3) is 0 Å². The van der Waals surface area contributed by atoms with Crippen molar-refractivity contribution in [1.82, 2.24) is 4.98 Å². The summed E-state index contributed by atoms with van der Waals surface area (Å²) in [5.74, 6) is -3.42. The maximum Gasteiger partial charge on any atom is 0.326 e. The molecule has 1 aromatic rings. The largest absolute Gasteiger partial charge is 0.465 e. The molecule has 8 nitrogen and oxygen atoms in total. The number of halogens is 2. The molecule has 0 bridgehead atoms. The lowest BCUT2D eigenvalue weighted by Gasteiger charge is -2.15. The average Bonchev–Trinajstić information content (AvgIpc) is 2.42. The maximum atomic E-state index is 11.9. The second-order valence-corrected chi connectivity index (χ2v) is 4.62. The van der Waals surface area contributed by atoms with Crippen molar-refractivity contribution in [2.45, 2.75) is 19.8 Å². The van der Waals surface area contributed by atoms with Crippen LogP contribution in [-0.4, -0.2) is 35.1 Å². The van der Waals surface area contributed by atoms with E-state index in [0.29, 0.717) is 0 Å². The molecule has 0 atom stereocenters. The van der Waals surface area contributed by atoms with Gasteiger partial charge in [-0.3, -0.25) is 19.7 Å². The summed E-state index contributed by atoms with van der Waals surface area (Å²) in [4.78, 5) is 37.6. The van der Waals surface area contributed by atoms with E-state index >= 15 is 0 Å². The predicted octanol–water partition coefficient (Wildman–Crippen LogP) is 2.51. The molecule has 0 spiro atoms. The number of ether oxygens (including phenoxy) is 2. The number of hydrogen-bond acceptors (Lipinski definition) is 7. The monoisotopic (exact) mass is 350 g/mol. The Morgan fingerprint density at radius 2 is 1.77 bits per heavy atom. The van der Waals surface area contributed by atoms with Crippen LogP contribution in [0, 0.1) is 10.1 Å². The number of carbonyl (C=O) groups is 2. The van der Waals surface area contributed by atoms with Gasteiger partial charge >= 0.3 is 17.6 Å². The molecule has 10 heteroatoms. The molecule has 120 valence electrons. The summed E-state index contributed by atoms with van der Waals surface area (Å²) in [6.45, 7) is 3.15. The molecule has 0 radical (unpaired) electrons. The van der Waals surface area contributed by atoms with E-state index in [1.54, 1.807) is 13.8 Å². The maximum absolute atomic E-state index is 11.9. The van der Waals surface area contributed by atoms with Crippen LogP contribution in [0.2, 0.25) is 10.2 Å². The number of hydrogen-bond donors (Lipinski definition) is 0. The van der Waals surface area contributed by atoms with Crippen LogP contribution in [0.15, 0.2) is 6.07 Å². The van der Waals surface area contributed by atoms with Crippen LogP contribution in [0.3, 0.4) is 0 Å². The van der Waals surface area contributed by atoms with Gasteiger partial charge in [0.2, 0.25) is 5.15 Å². The van der Waals surface area contributed by atoms with Gasteiger partial charge in [-0.15, -0.1) is 0 Å². The van der Waals surface area contributed by atoms with Crippen molar-refractivity contribution in [3.8, 4) is 0 Å². The van der Waals surface area contributed by atoms with Crippen LogP contribution >= 0.6 is 23.2 Å². The van der Waals surface area contributed by atoms with Gasteiger partial charge in [-0.05, 0) is 13.8 Å². The van der Waals surface area contributed by atoms with Crippen molar-refractivity contribution in [3.63, 3.8) is 0 Å². The summed E-state index contributed by atoms with van der Waals surface area (Å²) >= 11 is 11.6. The highest BCUT2D eigenvalue weighted by atomic mass is 35.5. The fourth-order valence-corrected chi connectivity index (χ4v) is 2.04. The first-order valence-electron chi connectivity index (χ1n) is 6.17. The van der Waals surface area contributed by atoms with Gasteiger partial charge in [-0.2, -0.15) is 0 Å². The molecule has 0 saturated heterocycles. The molecule has 1 heterocycles. The summed E-state index contributed by atoms with van der Waals surface area (Å²) in [7, 11) is 0. The first-order valence-corrected chi connectivity index (χ1v) is 6.92. The van der Waals surface area contributed by atoms with Gasteiger partial charge in [0, 0.05) is 6.07 Å². The van der Waals surface area contributed by atoms with E-state index in [-0.39, 0.29) is 23.9 Å². The molecule has 0 saturated carbocycles. The van der Waals surface area contributed by atoms with E-state index in [4.69, 9.17) is 32.7 Å². The topological polar surface area (TPSA) is 109 Å². The number of carbonyl (C=O) groups excluding carboxylic acids is 2. The van der Waals surface area contributed by atoms with E-state index < -0.39 is 33.6 Å². The Balaban J connectivity index is 3.36. The molecule has 0 amide bonds. The van der Waals surface area contributed by atoms with Crippen molar-refractivity contribution >= 4 is 40.8 Å². The quantitative estimate of drug-likeness (QED) is 0.255. The Morgan fingerprint density at radius 1 is 1.27 bits per heavy atom. The minimum absolute atomic E-state index is 0.0209. The van der Waals surface area contributed by atoms with Crippen LogP contribution in [-0.2, 0) is 19.1 Å². The lowest BCUT2D eigenvalue weighted by molar-refractivity contribution is -0.385. The van der Waals surface area contributed by atoms with Crippen LogP contribution in [0.4, 0.5) is 5.69 Å². The second-order valence-electron chi connectivity index (χ2n) is 3.86. The summed E-state index contributed by atoms with van der Waals surface area (Å²) in [5, 5.41) is 10.0. The fraction of sp³-hybridized carbons (Fsp3) is 0.417. The number of aromatic nitrogens is 1. The van der Waals surface area contributed by atoms with Gasteiger partial charge in [-0.1, -0.05) is 23.2 Å². The second kappa shape index (κ2) is 7.90. The first-order chi connectivity index (χ1) is 10.3. The molecule has 0 aliphatic carbocycles. The third kappa shape index (κ3) is 4.05. The number of rotatable bonds is 6. The van der Waals surface area contributed by atoms with Gasteiger partial charge in [0.05, 0.1) is 28.9 Å². The van der Waals surface area contributed by atoms with Crippen LogP contribution in [0.1, 0.15) is 25.5 Å². The first kappa shape index (κ1) is 18.1. The third-order valence-electron chi connectivity index (χ3n) is 2.45. The molecule has 0 aliphatic heterocycles. The van der Waals surface area contributed by atoms with Crippen molar-refractivity contribution in [2.75, 3.05) is 13.2 Å². The van der Waals surface area contributed by atoms with Gasteiger partial charge in [0.15, 0.2) is 5.92 Å². The molecule has 0 aromatic carbocycles. The SMILES string of the molecule is CCOC(=O)C(C(=O)OCC)c1nc(Cl)c([N+](=O)[O-])cc1Cl. The molecular weight excluding hydrogens is 339 g/mol. The Labute approximate surface area is 135 Å². The molecule has 1 rings (SSSR count). The summed E-state index contributed by atoms with van der Waals surface area (Å²) in [6.07, 6.45) is 0. The molecule has 1 aromatic heterocycles. The molecular formula is C12H12Cl2N2O6. The highest BCUT2D eigenvalue weighted by Gasteiger charge is 2.36. The van der Waals surface area contributed by atoms with E-state index in [0.717, 1.165) is 6.07 Å². The Hall–Kier alpha value is -1.93. The minimum atomic E-state index is -1.56.